The fourth-order valence-corrected chi connectivity index (χ4v) is 5.06. The first-order chi connectivity index (χ1) is 9.39. The summed E-state index contributed by atoms with van der Waals surface area (Å²) in [6.07, 6.45) is -4.56. The number of rotatable bonds is 7. The molecule has 1 aliphatic heterocycles. The molecule has 0 spiro atoms. The zero-order valence-electron chi connectivity index (χ0n) is 11.8. The van der Waals surface area contributed by atoms with Crippen molar-refractivity contribution in [1.82, 2.24) is 0 Å². The van der Waals surface area contributed by atoms with Crippen LogP contribution < -0.4 is 5.73 Å². The van der Waals surface area contributed by atoms with Crippen LogP contribution in [0.15, 0.2) is 0 Å². The zero-order chi connectivity index (χ0) is 16.4. The third-order valence-corrected chi connectivity index (χ3v) is 6.29. The molecule has 1 rings (SSSR count). The maximum atomic E-state index is 11.8. The van der Waals surface area contributed by atoms with E-state index in [-0.39, 0.29) is 11.8 Å². The predicted octanol–water partition coefficient (Wildman–Crippen LogP) is -1.70. The minimum absolute atomic E-state index is 0.146. The topological polar surface area (TPSA) is 156 Å². The van der Waals surface area contributed by atoms with Gasteiger partial charge in [0.2, 0.25) is 0 Å². The third kappa shape index (κ3) is 6.79. The van der Waals surface area contributed by atoms with E-state index in [9.17, 15) is 22.4 Å². The van der Waals surface area contributed by atoms with Crippen LogP contribution in [0.4, 0.5) is 0 Å². The molecule has 0 aromatic carbocycles. The van der Waals surface area contributed by atoms with Crippen molar-refractivity contribution < 1.29 is 36.4 Å². The van der Waals surface area contributed by atoms with E-state index < -0.39 is 60.0 Å². The van der Waals surface area contributed by atoms with Gasteiger partial charge in [-0.1, -0.05) is 0 Å². The van der Waals surface area contributed by atoms with E-state index in [1.165, 1.54) is 0 Å². The molecule has 0 bridgehead atoms. The van der Waals surface area contributed by atoms with Gasteiger partial charge in [-0.3, -0.25) is 0 Å². The summed E-state index contributed by atoms with van der Waals surface area (Å²) >= 11 is -3.07. The van der Waals surface area contributed by atoms with Crippen LogP contribution in [0.5, 0.6) is 0 Å². The first-order valence-corrected chi connectivity index (χ1v) is 13.7. The van der Waals surface area contributed by atoms with Crippen molar-refractivity contribution in [2.75, 3.05) is 12.4 Å². The van der Waals surface area contributed by atoms with E-state index in [4.69, 9.17) is 19.8 Å². The van der Waals surface area contributed by atoms with Gasteiger partial charge in [-0.05, 0) is 0 Å². The summed E-state index contributed by atoms with van der Waals surface area (Å²) in [5, 5.41) is 19.7. The van der Waals surface area contributed by atoms with Crippen LogP contribution in [0.2, 0.25) is 16.6 Å². The van der Waals surface area contributed by atoms with Gasteiger partial charge in [0.15, 0.2) is 0 Å². The number of hydrogen-bond donors (Lipinski definition) is 4. The SMILES string of the molecule is C[As](C)(=O)CC1OC(OCC(N)CS(=O)(=O)O)C(O)C1O. The van der Waals surface area contributed by atoms with Crippen molar-refractivity contribution >= 4 is 23.6 Å². The number of hydrogen-bond acceptors (Lipinski definition) is 8. The van der Waals surface area contributed by atoms with Crippen LogP contribution in [-0.4, -0.2) is 79.7 Å². The Morgan fingerprint density at radius 1 is 1.33 bits per heavy atom. The molecule has 5 unspecified atom stereocenters. The van der Waals surface area contributed by atoms with Crippen LogP contribution in [-0.2, 0) is 23.3 Å². The number of aliphatic hydroxyl groups is 2. The van der Waals surface area contributed by atoms with Gasteiger partial charge in [0.1, 0.15) is 0 Å². The number of ether oxygens (including phenoxy) is 2. The third-order valence-electron chi connectivity index (χ3n) is 2.84. The van der Waals surface area contributed by atoms with Crippen molar-refractivity contribution in [2.45, 2.75) is 47.3 Å². The molecule has 0 saturated carbocycles. The van der Waals surface area contributed by atoms with Crippen molar-refractivity contribution in [3.63, 3.8) is 0 Å². The molecule has 1 fully saturated rings. The van der Waals surface area contributed by atoms with Gasteiger partial charge in [0.25, 0.3) is 0 Å². The molecule has 0 aromatic rings. The van der Waals surface area contributed by atoms with Gasteiger partial charge in [0, 0.05) is 0 Å². The Labute approximate surface area is 125 Å². The fraction of sp³-hybridized carbons (Fsp3) is 1.00. The Morgan fingerprint density at radius 3 is 2.38 bits per heavy atom. The van der Waals surface area contributed by atoms with Gasteiger partial charge in [-0.25, -0.2) is 0 Å². The summed E-state index contributed by atoms with van der Waals surface area (Å²) < 4.78 is 52.1. The Bertz CT molecular complexity index is 491. The van der Waals surface area contributed by atoms with Gasteiger partial charge in [-0.2, -0.15) is 0 Å². The molecule has 0 amide bonds. The van der Waals surface area contributed by atoms with E-state index in [1.54, 1.807) is 11.4 Å². The van der Waals surface area contributed by atoms with Crippen LogP contribution in [0, 0.1) is 0 Å². The number of aliphatic hydroxyl groups excluding tert-OH is 2. The van der Waals surface area contributed by atoms with E-state index in [1.807, 2.05) is 0 Å². The van der Waals surface area contributed by atoms with Crippen LogP contribution in [0.1, 0.15) is 0 Å². The monoisotopic (exact) mass is 391 g/mol. The Kier molecular flexibility index (Phi) is 6.46. The van der Waals surface area contributed by atoms with Crippen LogP contribution >= 0.6 is 0 Å². The Hall–Kier alpha value is 0.0684. The molecular formula is C10H22AsNO8S. The molecule has 1 aliphatic rings. The van der Waals surface area contributed by atoms with Crippen molar-refractivity contribution in [3.8, 4) is 0 Å². The second kappa shape index (κ2) is 7.10. The molecule has 126 valence electrons. The van der Waals surface area contributed by atoms with E-state index in [2.05, 4.69) is 0 Å². The van der Waals surface area contributed by atoms with Crippen LogP contribution in [0.3, 0.4) is 0 Å². The molecule has 0 radical (unpaired) electrons. The van der Waals surface area contributed by atoms with Crippen molar-refractivity contribution in [2.24, 2.45) is 5.73 Å². The molecule has 0 aliphatic carbocycles. The summed E-state index contributed by atoms with van der Waals surface area (Å²) in [5.41, 5.74) is 8.64. The van der Waals surface area contributed by atoms with Crippen molar-refractivity contribution in [1.29, 1.82) is 0 Å². The standard InChI is InChI=1S/C10H22AsNO8S/c1-11(2,15)3-7-8(13)9(14)10(20-7)19-4-6(12)5-21(16,17)18/h6-10,13-14H,3-5,12H2,1-2H3,(H,16,17,18). The van der Waals surface area contributed by atoms with Gasteiger partial charge >= 0.3 is 125 Å². The summed E-state index contributed by atoms with van der Waals surface area (Å²) in [6.45, 7) is -0.290. The molecule has 5 N–H and O–H groups in total. The van der Waals surface area contributed by atoms with E-state index in [0.29, 0.717) is 0 Å². The number of nitrogens with two attached hydrogens (primary N) is 1. The summed E-state index contributed by atoms with van der Waals surface area (Å²) in [6, 6.07) is -1.00. The van der Waals surface area contributed by atoms with Gasteiger partial charge in [0.05, 0.1) is 0 Å². The van der Waals surface area contributed by atoms with E-state index in [0.717, 1.165) is 0 Å². The molecule has 1 saturated heterocycles. The summed E-state index contributed by atoms with van der Waals surface area (Å²) in [5.74, 6) is -0.691. The first kappa shape index (κ1) is 19.1. The van der Waals surface area contributed by atoms with Crippen LogP contribution in [0.25, 0.3) is 0 Å². The molecule has 5 atom stereocenters. The van der Waals surface area contributed by atoms with Gasteiger partial charge in [-0.15, -0.1) is 0 Å². The predicted molar refractivity (Wildman–Crippen MR) is 74.0 cm³/mol. The van der Waals surface area contributed by atoms with Gasteiger partial charge < -0.3 is 0 Å². The average molecular weight is 391 g/mol. The fourth-order valence-electron chi connectivity index (χ4n) is 1.97. The first-order valence-electron chi connectivity index (χ1n) is 6.27. The Morgan fingerprint density at radius 2 is 1.90 bits per heavy atom. The Balaban J connectivity index is 2.52. The molecule has 9 nitrogen and oxygen atoms in total. The summed E-state index contributed by atoms with van der Waals surface area (Å²) in [7, 11) is -4.22. The molecule has 0 aromatic heterocycles. The zero-order valence-corrected chi connectivity index (χ0v) is 14.5. The second-order valence-corrected chi connectivity index (χ2v) is 14.5. The minimum atomic E-state index is -4.22. The maximum absolute atomic E-state index is 11.8. The second-order valence-electron chi connectivity index (χ2n) is 5.62. The van der Waals surface area contributed by atoms with E-state index >= 15 is 0 Å². The van der Waals surface area contributed by atoms with Crippen molar-refractivity contribution in [3.05, 3.63) is 0 Å². The summed E-state index contributed by atoms with van der Waals surface area (Å²) in [4.78, 5) is 0. The molecule has 21 heavy (non-hydrogen) atoms. The molecular weight excluding hydrogens is 369 g/mol. The molecule has 1 heterocycles. The normalized spacial score (nSPS) is 32.3. The molecule has 11 heteroatoms. The average Bonchev–Trinajstić information content (AvgIpc) is 2.50. The quantitative estimate of drug-likeness (QED) is 0.293.